The summed E-state index contributed by atoms with van der Waals surface area (Å²) in [5, 5.41) is 3.92. The van der Waals surface area contributed by atoms with E-state index in [4.69, 9.17) is 21.8 Å². The standard InChI is InChI=1S/C17H13ClN2O3/c1-9-12-6-3-7-13(18)15(12)23-14(9)17(22)20-11-5-2-4-10(8-11)16(19)21/h2-8H,1H3,(H2,19,21)(H,20,22). The zero-order valence-electron chi connectivity index (χ0n) is 12.2. The van der Waals surface area contributed by atoms with Crippen LogP contribution in [0.5, 0.6) is 0 Å². The average Bonchev–Trinajstić information content (AvgIpc) is 2.86. The van der Waals surface area contributed by atoms with Crippen LogP contribution >= 0.6 is 11.6 Å². The Labute approximate surface area is 137 Å². The molecule has 0 fully saturated rings. The van der Waals surface area contributed by atoms with Crippen molar-refractivity contribution >= 4 is 40.1 Å². The number of carbonyl (C=O) groups is 2. The van der Waals surface area contributed by atoms with Gasteiger partial charge >= 0.3 is 0 Å². The Bertz CT molecular complexity index is 931. The number of para-hydroxylation sites is 1. The molecule has 0 aliphatic carbocycles. The number of anilines is 1. The normalized spacial score (nSPS) is 10.7. The largest absolute Gasteiger partial charge is 0.449 e. The number of aryl methyl sites for hydroxylation is 1. The van der Waals surface area contributed by atoms with E-state index in [0.717, 1.165) is 5.39 Å². The summed E-state index contributed by atoms with van der Waals surface area (Å²) in [6.45, 7) is 1.79. The lowest BCUT2D eigenvalue weighted by Gasteiger charge is -2.05. The number of rotatable bonds is 3. The van der Waals surface area contributed by atoms with Gasteiger partial charge in [0.1, 0.15) is 0 Å². The van der Waals surface area contributed by atoms with Crippen LogP contribution in [0.4, 0.5) is 5.69 Å². The van der Waals surface area contributed by atoms with Crippen molar-refractivity contribution in [2.24, 2.45) is 5.73 Å². The lowest BCUT2D eigenvalue weighted by atomic mass is 10.1. The smallest absolute Gasteiger partial charge is 0.291 e. The van der Waals surface area contributed by atoms with Crippen molar-refractivity contribution in [3.8, 4) is 0 Å². The van der Waals surface area contributed by atoms with Crippen molar-refractivity contribution < 1.29 is 14.0 Å². The number of nitrogens with two attached hydrogens (primary N) is 1. The molecule has 3 N–H and O–H groups in total. The molecule has 116 valence electrons. The van der Waals surface area contributed by atoms with Crippen LogP contribution in [0.3, 0.4) is 0 Å². The molecule has 6 heteroatoms. The Morgan fingerprint density at radius 1 is 1.17 bits per heavy atom. The second-order valence-corrected chi connectivity index (χ2v) is 5.48. The topological polar surface area (TPSA) is 85.3 Å². The number of benzene rings is 2. The van der Waals surface area contributed by atoms with Crippen LogP contribution in [0.1, 0.15) is 26.5 Å². The van der Waals surface area contributed by atoms with Crippen molar-refractivity contribution in [3.63, 3.8) is 0 Å². The van der Waals surface area contributed by atoms with Crippen molar-refractivity contribution in [2.75, 3.05) is 5.32 Å². The van der Waals surface area contributed by atoms with Crippen LogP contribution in [-0.4, -0.2) is 11.8 Å². The second kappa shape index (κ2) is 5.78. The van der Waals surface area contributed by atoms with Crippen LogP contribution in [0, 0.1) is 6.92 Å². The summed E-state index contributed by atoms with van der Waals surface area (Å²) in [6, 6.07) is 11.7. The van der Waals surface area contributed by atoms with Crippen molar-refractivity contribution in [3.05, 3.63) is 64.4 Å². The maximum atomic E-state index is 12.4. The fourth-order valence-corrected chi connectivity index (χ4v) is 2.58. The molecular formula is C17H13ClN2O3. The quantitative estimate of drug-likeness (QED) is 0.767. The highest BCUT2D eigenvalue weighted by atomic mass is 35.5. The lowest BCUT2D eigenvalue weighted by Crippen LogP contribution is -2.14. The van der Waals surface area contributed by atoms with Crippen LogP contribution in [0.25, 0.3) is 11.0 Å². The van der Waals surface area contributed by atoms with Gasteiger partial charge in [-0.2, -0.15) is 0 Å². The fourth-order valence-electron chi connectivity index (χ4n) is 2.36. The minimum Gasteiger partial charge on any atom is -0.449 e. The number of primary amides is 1. The molecule has 0 saturated carbocycles. The first-order chi connectivity index (χ1) is 11.0. The molecule has 2 amide bonds. The van der Waals surface area contributed by atoms with Gasteiger partial charge in [-0.05, 0) is 31.2 Å². The van der Waals surface area contributed by atoms with E-state index in [0.29, 0.717) is 27.4 Å². The second-order valence-electron chi connectivity index (χ2n) is 5.07. The highest BCUT2D eigenvalue weighted by molar-refractivity contribution is 6.35. The number of fused-ring (bicyclic) bond motifs is 1. The number of hydrogen-bond acceptors (Lipinski definition) is 3. The number of furan rings is 1. The predicted octanol–water partition coefficient (Wildman–Crippen LogP) is 3.75. The molecule has 3 aromatic rings. The van der Waals surface area contributed by atoms with Crippen LogP contribution in [-0.2, 0) is 0 Å². The van der Waals surface area contributed by atoms with Gasteiger partial charge in [0, 0.05) is 22.2 Å². The SMILES string of the molecule is Cc1c(C(=O)Nc2cccc(C(N)=O)c2)oc2c(Cl)cccc12. The third kappa shape index (κ3) is 2.78. The van der Waals surface area contributed by atoms with E-state index in [1.54, 1.807) is 37.3 Å². The van der Waals surface area contributed by atoms with Gasteiger partial charge in [-0.3, -0.25) is 9.59 Å². The molecule has 0 aliphatic rings. The third-order valence-corrected chi connectivity index (χ3v) is 3.82. The third-order valence-electron chi connectivity index (χ3n) is 3.53. The molecule has 0 saturated heterocycles. The van der Waals surface area contributed by atoms with E-state index in [-0.39, 0.29) is 5.76 Å². The summed E-state index contributed by atoms with van der Waals surface area (Å²) >= 11 is 6.09. The number of nitrogens with one attached hydrogen (secondary N) is 1. The van der Waals surface area contributed by atoms with E-state index < -0.39 is 11.8 Å². The molecule has 1 heterocycles. The van der Waals surface area contributed by atoms with E-state index >= 15 is 0 Å². The minimum absolute atomic E-state index is 0.178. The molecule has 0 spiro atoms. The molecule has 0 bridgehead atoms. The average molecular weight is 329 g/mol. The van der Waals surface area contributed by atoms with Crippen molar-refractivity contribution in [2.45, 2.75) is 6.92 Å². The molecular weight excluding hydrogens is 316 g/mol. The van der Waals surface area contributed by atoms with Gasteiger partial charge in [0.05, 0.1) is 5.02 Å². The molecule has 1 aromatic heterocycles. The molecule has 0 unspecified atom stereocenters. The first kappa shape index (κ1) is 15.1. The fraction of sp³-hybridized carbons (Fsp3) is 0.0588. The van der Waals surface area contributed by atoms with Crippen LogP contribution < -0.4 is 11.1 Å². The van der Waals surface area contributed by atoms with Gasteiger partial charge < -0.3 is 15.5 Å². The minimum atomic E-state index is -0.562. The zero-order chi connectivity index (χ0) is 16.6. The Hall–Kier alpha value is -2.79. The molecule has 2 aromatic carbocycles. The van der Waals surface area contributed by atoms with Crippen LogP contribution in [0.15, 0.2) is 46.9 Å². The number of amides is 2. The van der Waals surface area contributed by atoms with E-state index in [2.05, 4.69) is 5.32 Å². The first-order valence-electron chi connectivity index (χ1n) is 6.86. The zero-order valence-corrected chi connectivity index (χ0v) is 13.0. The molecule has 0 radical (unpaired) electrons. The van der Waals surface area contributed by atoms with Gasteiger partial charge in [0.2, 0.25) is 5.91 Å². The highest BCUT2D eigenvalue weighted by Gasteiger charge is 2.19. The van der Waals surface area contributed by atoms with Gasteiger partial charge in [0.15, 0.2) is 11.3 Å². The number of carbonyl (C=O) groups excluding carboxylic acids is 2. The molecule has 0 atom stereocenters. The van der Waals surface area contributed by atoms with Crippen molar-refractivity contribution in [1.29, 1.82) is 0 Å². The monoisotopic (exact) mass is 328 g/mol. The van der Waals surface area contributed by atoms with Gasteiger partial charge in [-0.15, -0.1) is 0 Å². The van der Waals surface area contributed by atoms with Crippen LogP contribution in [0.2, 0.25) is 5.02 Å². The summed E-state index contributed by atoms with van der Waals surface area (Å²) < 4.78 is 5.61. The van der Waals surface area contributed by atoms with E-state index in [1.807, 2.05) is 6.07 Å². The van der Waals surface area contributed by atoms with Crippen molar-refractivity contribution in [1.82, 2.24) is 0 Å². The number of halogens is 1. The first-order valence-corrected chi connectivity index (χ1v) is 7.24. The van der Waals surface area contributed by atoms with E-state index in [9.17, 15) is 9.59 Å². The maximum Gasteiger partial charge on any atom is 0.291 e. The van der Waals surface area contributed by atoms with Gasteiger partial charge in [-0.1, -0.05) is 29.8 Å². The molecule has 23 heavy (non-hydrogen) atoms. The Balaban J connectivity index is 1.95. The van der Waals surface area contributed by atoms with Gasteiger partial charge in [0.25, 0.3) is 5.91 Å². The van der Waals surface area contributed by atoms with E-state index in [1.165, 1.54) is 6.07 Å². The maximum absolute atomic E-state index is 12.4. The summed E-state index contributed by atoms with van der Waals surface area (Å²) in [4.78, 5) is 23.6. The summed E-state index contributed by atoms with van der Waals surface area (Å²) in [7, 11) is 0. The summed E-state index contributed by atoms with van der Waals surface area (Å²) in [5.74, 6) is -0.804. The Kier molecular flexibility index (Phi) is 3.80. The predicted molar refractivity (Wildman–Crippen MR) is 88.9 cm³/mol. The lowest BCUT2D eigenvalue weighted by molar-refractivity contribution is 0.0989. The molecule has 3 rings (SSSR count). The number of hydrogen-bond donors (Lipinski definition) is 2. The highest BCUT2D eigenvalue weighted by Crippen LogP contribution is 2.31. The Morgan fingerprint density at radius 3 is 2.61 bits per heavy atom. The Morgan fingerprint density at radius 2 is 1.91 bits per heavy atom. The molecule has 0 aliphatic heterocycles. The summed E-state index contributed by atoms with van der Waals surface area (Å²) in [5.41, 5.74) is 7.17. The summed E-state index contributed by atoms with van der Waals surface area (Å²) in [6.07, 6.45) is 0. The molecule has 5 nitrogen and oxygen atoms in total. The van der Waals surface area contributed by atoms with Gasteiger partial charge in [-0.25, -0.2) is 0 Å².